The first-order valence-corrected chi connectivity index (χ1v) is 6.97. The first-order valence-electron chi connectivity index (χ1n) is 5.13. The van der Waals surface area contributed by atoms with Gasteiger partial charge in [-0.1, -0.05) is 18.2 Å². The van der Waals surface area contributed by atoms with Gasteiger partial charge in [0, 0.05) is 17.0 Å². The summed E-state index contributed by atoms with van der Waals surface area (Å²) in [5.74, 6) is 0. The van der Waals surface area contributed by atoms with Crippen LogP contribution in [0.1, 0.15) is 0 Å². The molecule has 2 aromatic heterocycles. The number of nitrogens with zero attached hydrogens (tertiary/aromatic N) is 2. The van der Waals surface area contributed by atoms with Crippen LogP contribution in [-0.4, -0.2) is 23.6 Å². The highest BCUT2D eigenvalue weighted by Gasteiger charge is 2.16. The highest BCUT2D eigenvalue weighted by molar-refractivity contribution is 7.89. The third-order valence-electron chi connectivity index (χ3n) is 2.76. The summed E-state index contributed by atoms with van der Waals surface area (Å²) >= 11 is 0. The lowest BCUT2D eigenvalue weighted by molar-refractivity contribution is 0.596. The molecular formula is C12H10N2O2S. The van der Waals surface area contributed by atoms with Crippen molar-refractivity contribution in [3.63, 3.8) is 0 Å². The summed E-state index contributed by atoms with van der Waals surface area (Å²) < 4.78 is 25.1. The number of pyridine rings is 1. The molecule has 0 saturated heterocycles. The molecule has 5 heteroatoms. The van der Waals surface area contributed by atoms with Crippen LogP contribution in [0.2, 0.25) is 0 Å². The third kappa shape index (κ3) is 1.43. The predicted octanol–water partition coefficient (Wildman–Crippen LogP) is 2.00. The fourth-order valence-electron chi connectivity index (χ4n) is 2.14. The lowest BCUT2D eigenvalue weighted by Crippen LogP contribution is -2.09. The van der Waals surface area contributed by atoms with E-state index in [1.54, 1.807) is 18.5 Å². The molecular weight excluding hydrogens is 236 g/mol. The Morgan fingerprint density at radius 1 is 1.06 bits per heavy atom. The summed E-state index contributed by atoms with van der Waals surface area (Å²) in [4.78, 5) is 4.00. The minimum atomic E-state index is -3.34. The number of aromatic nitrogens is 2. The SMILES string of the molecule is CS(=O)(=O)n1c2ccccc2c2ccncc21. The molecule has 0 aliphatic heterocycles. The third-order valence-corrected chi connectivity index (χ3v) is 3.82. The van der Waals surface area contributed by atoms with E-state index in [1.165, 1.54) is 10.2 Å². The van der Waals surface area contributed by atoms with Gasteiger partial charge in [0.1, 0.15) is 0 Å². The van der Waals surface area contributed by atoms with Gasteiger partial charge in [-0.05, 0) is 12.1 Å². The Morgan fingerprint density at radius 3 is 2.53 bits per heavy atom. The normalized spacial score (nSPS) is 12.3. The quantitative estimate of drug-likeness (QED) is 0.660. The zero-order valence-electron chi connectivity index (χ0n) is 9.16. The van der Waals surface area contributed by atoms with Crippen LogP contribution < -0.4 is 0 Å². The molecule has 4 nitrogen and oxygen atoms in total. The second-order valence-corrected chi connectivity index (χ2v) is 5.77. The van der Waals surface area contributed by atoms with Crippen LogP contribution in [0.4, 0.5) is 0 Å². The lowest BCUT2D eigenvalue weighted by Gasteiger charge is -2.02. The van der Waals surface area contributed by atoms with E-state index >= 15 is 0 Å². The molecule has 0 saturated carbocycles. The first-order chi connectivity index (χ1) is 8.09. The van der Waals surface area contributed by atoms with Crippen molar-refractivity contribution >= 4 is 31.8 Å². The minimum absolute atomic E-state index is 0.621. The Kier molecular flexibility index (Phi) is 2.00. The van der Waals surface area contributed by atoms with Crippen LogP contribution in [0.15, 0.2) is 42.7 Å². The van der Waals surface area contributed by atoms with Gasteiger partial charge in [-0.3, -0.25) is 4.98 Å². The van der Waals surface area contributed by atoms with Gasteiger partial charge in [-0.15, -0.1) is 0 Å². The van der Waals surface area contributed by atoms with E-state index in [1.807, 2.05) is 24.3 Å². The second kappa shape index (κ2) is 3.30. The Hall–Kier alpha value is -1.88. The number of benzene rings is 1. The van der Waals surface area contributed by atoms with E-state index in [-0.39, 0.29) is 0 Å². The molecule has 0 aliphatic rings. The Labute approximate surface area is 98.6 Å². The standard InChI is InChI=1S/C12H10N2O2S/c1-17(15,16)14-11-5-3-2-4-9(11)10-6-7-13-8-12(10)14/h2-8H,1H3. The van der Waals surface area contributed by atoms with Gasteiger partial charge in [-0.25, -0.2) is 12.4 Å². The summed E-state index contributed by atoms with van der Waals surface area (Å²) in [7, 11) is -3.34. The number of para-hydroxylation sites is 1. The van der Waals surface area contributed by atoms with Crippen LogP contribution >= 0.6 is 0 Å². The second-order valence-electron chi connectivity index (χ2n) is 3.94. The first kappa shape index (κ1) is 10.3. The molecule has 86 valence electrons. The minimum Gasteiger partial charge on any atom is -0.262 e. The summed E-state index contributed by atoms with van der Waals surface area (Å²) in [6, 6.07) is 9.28. The largest absolute Gasteiger partial charge is 0.262 e. The van der Waals surface area contributed by atoms with Crippen molar-refractivity contribution in [2.75, 3.05) is 6.26 Å². The van der Waals surface area contributed by atoms with Gasteiger partial charge >= 0.3 is 0 Å². The molecule has 0 unspecified atom stereocenters. The monoisotopic (exact) mass is 246 g/mol. The Balaban J connectivity index is 2.70. The lowest BCUT2D eigenvalue weighted by atomic mass is 10.2. The summed E-state index contributed by atoms with van der Waals surface area (Å²) in [5, 5.41) is 1.83. The van der Waals surface area contributed by atoms with Gasteiger partial charge in [0.15, 0.2) is 0 Å². The molecule has 3 rings (SSSR count). The molecule has 0 fully saturated rings. The molecule has 2 heterocycles. The van der Waals surface area contributed by atoms with Crippen LogP contribution in [0.3, 0.4) is 0 Å². The molecule has 17 heavy (non-hydrogen) atoms. The van der Waals surface area contributed by atoms with E-state index < -0.39 is 10.0 Å². The smallest absolute Gasteiger partial charge is 0.236 e. The van der Waals surface area contributed by atoms with E-state index in [0.717, 1.165) is 10.8 Å². The zero-order valence-corrected chi connectivity index (χ0v) is 9.98. The average Bonchev–Trinajstić information content (AvgIpc) is 2.63. The van der Waals surface area contributed by atoms with Crippen molar-refractivity contribution < 1.29 is 8.42 Å². The van der Waals surface area contributed by atoms with Gasteiger partial charge in [0.2, 0.25) is 10.0 Å². The van der Waals surface area contributed by atoms with Crippen molar-refractivity contribution in [3.8, 4) is 0 Å². The molecule has 0 bridgehead atoms. The Bertz CT molecular complexity index is 766. The maximum atomic E-state index is 11.9. The van der Waals surface area contributed by atoms with Crippen molar-refractivity contribution in [3.05, 3.63) is 42.7 Å². The van der Waals surface area contributed by atoms with Crippen LogP contribution in [0.25, 0.3) is 21.8 Å². The maximum Gasteiger partial charge on any atom is 0.236 e. The molecule has 3 aromatic rings. The Morgan fingerprint density at radius 2 is 1.76 bits per heavy atom. The average molecular weight is 246 g/mol. The molecule has 0 spiro atoms. The van der Waals surface area contributed by atoms with Gasteiger partial charge in [0.25, 0.3) is 0 Å². The van der Waals surface area contributed by atoms with Gasteiger partial charge in [0.05, 0.1) is 23.5 Å². The van der Waals surface area contributed by atoms with Crippen molar-refractivity contribution in [2.24, 2.45) is 0 Å². The molecule has 0 radical (unpaired) electrons. The highest BCUT2D eigenvalue weighted by atomic mass is 32.2. The van der Waals surface area contributed by atoms with Crippen molar-refractivity contribution in [1.82, 2.24) is 8.96 Å². The maximum absolute atomic E-state index is 11.9. The van der Waals surface area contributed by atoms with Crippen LogP contribution in [0.5, 0.6) is 0 Å². The van der Waals surface area contributed by atoms with E-state index in [4.69, 9.17) is 0 Å². The van der Waals surface area contributed by atoms with Gasteiger partial charge < -0.3 is 0 Å². The summed E-state index contributed by atoms with van der Waals surface area (Å²) in [6.07, 6.45) is 4.45. The molecule has 0 aliphatic carbocycles. The van der Waals surface area contributed by atoms with E-state index in [2.05, 4.69) is 4.98 Å². The topological polar surface area (TPSA) is 52.0 Å². The molecule has 0 N–H and O–H groups in total. The van der Waals surface area contributed by atoms with E-state index in [9.17, 15) is 8.42 Å². The zero-order chi connectivity index (χ0) is 12.0. The summed E-state index contributed by atoms with van der Waals surface area (Å²) in [5.41, 5.74) is 1.31. The molecule has 0 amide bonds. The predicted molar refractivity (Wildman–Crippen MR) is 67.5 cm³/mol. The highest BCUT2D eigenvalue weighted by Crippen LogP contribution is 2.28. The van der Waals surface area contributed by atoms with Crippen LogP contribution in [0, 0.1) is 0 Å². The number of rotatable bonds is 1. The van der Waals surface area contributed by atoms with E-state index in [0.29, 0.717) is 11.0 Å². The van der Waals surface area contributed by atoms with Gasteiger partial charge in [-0.2, -0.15) is 0 Å². The number of hydrogen-bond acceptors (Lipinski definition) is 3. The molecule has 1 aromatic carbocycles. The number of hydrogen-bond donors (Lipinski definition) is 0. The van der Waals surface area contributed by atoms with Crippen molar-refractivity contribution in [1.29, 1.82) is 0 Å². The number of fused-ring (bicyclic) bond motifs is 3. The van der Waals surface area contributed by atoms with Crippen LogP contribution in [-0.2, 0) is 10.0 Å². The molecule has 0 atom stereocenters. The fourth-order valence-corrected chi connectivity index (χ4v) is 3.16. The fraction of sp³-hybridized carbons (Fsp3) is 0.0833. The summed E-state index contributed by atoms with van der Waals surface area (Å²) in [6.45, 7) is 0. The van der Waals surface area contributed by atoms with Crippen molar-refractivity contribution in [2.45, 2.75) is 0 Å².